The standard InChI is InChI=1S/C20H25NO5/c1-4-5-6-7-8-9-14(21-24)13-12-17(25-2)18-15(22)10-11-16(23)19(18)20(13)26-3/h10-12,24H,4-9H2,1-3H3/b21-14+. The number of hydrogen-bond donors (Lipinski definition) is 1. The second-order valence-corrected chi connectivity index (χ2v) is 6.18. The molecule has 140 valence electrons. The lowest BCUT2D eigenvalue weighted by molar-refractivity contribution is 0.0989. The molecule has 0 aromatic heterocycles. The lowest BCUT2D eigenvalue weighted by Gasteiger charge is -2.20. The Morgan fingerprint density at radius 3 is 2.23 bits per heavy atom. The Bertz CT molecular complexity index is 749. The molecule has 0 amide bonds. The summed E-state index contributed by atoms with van der Waals surface area (Å²) in [6.07, 6.45) is 8.31. The minimum Gasteiger partial charge on any atom is -0.496 e. The number of allylic oxidation sites excluding steroid dienone is 2. The molecule has 0 aliphatic heterocycles. The first-order chi connectivity index (χ1) is 12.6. The number of oxime groups is 1. The highest BCUT2D eigenvalue weighted by molar-refractivity contribution is 6.25. The van der Waals surface area contributed by atoms with Gasteiger partial charge in [0, 0.05) is 5.56 Å². The van der Waals surface area contributed by atoms with E-state index < -0.39 is 0 Å². The zero-order valence-corrected chi connectivity index (χ0v) is 15.5. The van der Waals surface area contributed by atoms with E-state index in [1.165, 1.54) is 32.8 Å². The SMILES string of the molecule is CCCCCCC/C(=N\O)c1cc(OC)c2c(c1OC)C(=O)C=CC2=O. The Hall–Kier alpha value is -2.63. The third kappa shape index (κ3) is 3.95. The van der Waals surface area contributed by atoms with Crippen LogP contribution in [0.15, 0.2) is 23.4 Å². The summed E-state index contributed by atoms with van der Waals surface area (Å²) in [5.41, 5.74) is 1.22. The summed E-state index contributed by atoms with van der Waals surface area (Å²) in [5, 5.41) is 12.9. The van der Waals surface area contributed by atoms with Crippen molar-refractivity contribution in [3.05, 3.63) is 34.9 Å². The molecule has 0 atom stereocenters. The number of unbranched alkanes of at least 4 members (excludes halogenated alkanes) is 4. The van der Waals surface area contributed by atoms with Crippen molar-refractivity contribution in [2.45, 2.75) is 45.4 Å². The van der Waals surface area contributed by atoms with Crippen LogP contribution >= 0.6 is 0 Å². The zero-order chi connectivity index (χ0) is 19.1. The van der Waals surface area contributed by atoms with Crippen LogP contribution in [-0.4, -0.2) is 36.7 Å². The normalized spacial score (nSPS) is 13.7. The molecule has 0 spiro atoms. The van der Waals surface area contributed by atoms with Gasteiger partial charge in [-0.25, -0.2) is 0 Å². The third-order valence-corrected chi connectivity index (χ3v) is 4.50. The van der Waals surface area contributed by atoms with Crippen LogP contribution < -0.4 is 9.47 Å². The molecule has 1 aromatic rings. The first kappa shape index (κ1) is 19.7. The average molecular weight is 359 g/mol. The highest BCUT2D eigenvalue weighted by Gasteiger charge is 2.31. The molecule has 0 saturated carbocycles. The number of nitrogens with zero attached hydrogens (tertiary/aromatic N) is 1. The highest BCUT2D eigenvalue weighted by Crippen LogP contribution is 2.38. The summed E-state index contributed by atoms with van der Waals surface area (Å²) in [7, 11) is 2.86. The molecule has 1 aliphatic rings. The molecule has 0 unspecified atom stereocenters. The first-order valence-electron chi connectivity index (χ1n) is 8.86. The van der Waals surface area contributed by atoms with Gasteiger partial charge in [-0.05, 0) is 31.1 Å². The van der Waals surface area contributed by atoms with Crippen molar-refractivity contribution in [3.8, 4) is 11.5 Å². The van der Waals surface area contributed by atoms with Crippen molar-refractivity contribution in [3.63, 3.8) is 0 Å². The molecule has 0 fully saturated rings. The Balaban J connectivity index is 2.44. The van der Waals surface area contributed by atoms with Gasteiger partial charge in [0.05, 0.1) is 31.1 Å². The maximum atomic E-state index is 12.4. The van der Waals surface area contributed by atoms with Crippen LogP contribution in [0.1, 0.15) is 71.7 Å². The van der Waals surface area contributed by atoms with Crippen molar-refractivity contribution in [1.82, 2.24) is 0 Å². The lowest BCUT2D eigenvalue weighted by Crippen LogP contribution is -2.17. The van der Waals surface area contributed by atoms with E-state index in [0.29, 0.717) is 17.7 Å². The van der Waals surface area contributed by atoms with Gasteiger partial charge in [-0.2, -0.15) is 0 Å². The number of ketones is 2. The van der Waals surface area contributed by atoms with E-state index >= 15 is 0 Å². The van der Waals surface area contributed by atoms with Gasteiger partial charge < -0.3 is 14.7 Å². The van der Waals surface area contributed by atoms with E-state index in [4.69, 9.17) is 9.47 Å². The molecule has 0 heterocycles. The van der Waals surface area contributed by atoms with Crippen molar-refractivity contribution < 1.29 is 24.3 Å². The van der Waals surface area contributed by atoms with Crippen LogP contribution in [0.2, 0.25) is 0 Å². The molecule has 26 heavy (non-hydrogen) atoms. The summed E-state index contributed by atoms with van der Waals surface area (Å²) in [4.78, 5) is 24.6. The van der Waals surface area contributed by atoms with Gasteiger partial charge in [0.2, 0.25) is 0 Å². The van der Waals surface area contributed by atoms with Crippen LogP contribution in [0.25, 0.3) is 0 Å². The summed E-state index contributed by atoms with van der Waals surface area (Å²) in [5.74, 6) is -0.143. The number of carbonyl (C=O) groups is 2. The molecule has 1 N–H and O–H groups in total. The minimum atomic E-state index is -0.336. The van der Waals surface area contributed by atoms with Crippen molar-refractivity contribution in [1.29, 1.82) is 0 Å². The van der Waals surface area contributed by atoms with Gasteiger partial charge >= 0.3 is 0 Å². The molecule has 0 radical (unpaired) electrons. The van der Waals surface area contributed by atoms with E-state index in [2.05, 4.69) is 12.1 Å². The van der Waals surface area contributed by atoms with Gasteiger partial charge in [0.15, 0.2) is 11.6 Å². The minimum absolute atomic E-state index is 0.154. The molecule has 2 rings (SSSR count). The predicted molar refractivity (Wildman–Crippen MR) is 99.0 cm³/mol. The van der Waals surface area contributed by atoms with Gasteiger partial charge in [0.25, 0.3) is 0 Å². The van der Waals surface area contributed by atoms with Gasteiger partial charge in [-0.15, -0.1) is 0 Å². The highest BCUT2D eigenvalue weighted by atomic mass is 16.5. The first-order valence-corrected chi connectivity index (χ1v) is 8.86. The van der Waals surface area contributed by atoms with Crippen molar-refractivity contribution in [2.24, 2.45) is 5.16 Å². The molecular formula is C20H25NO5. The lowest BCUT2D eigenvalue weighted by atomic mass is 9.88. The number of rotatable bonds is 9. The van der Waals surface area contributed by atoms with Gasteiger partial charge in [-0.3, -0.25) is 9.59 Å². The van der Waals surface area contributed by atoms with Crippen LogP contribution in [0.3, 0.4) is 0 Å². The molecular weight excluding hydrogens is 334 g/mol. The zero-order valence-electron chi connectivity index (χ0n) is 15.5. The molecule has 6 heteroatoms. The van der Waals surface area contributed by atoms with Crippen LogP contribution in [0.5, 0.6) is 11.5 Å². The number of hydrogen-bond acceptors (Lipinski definition) is 6. The van der Waals surface area contributed by atoms with Crippen LogP contribution in [-0.2, 0) is 0 Å². The molecule has 1 aromatic carbocycles. The number of ether oxygens (including phenoxy) is 2. The van der Waals surface area contributed by atoms with E-state index in [1.54, 1.807) is 6.07 Å². The summed E-state index contributed by atoms with van der Waals surface area (Å²) >= 11 is 0. The molecule has 1 aliphatic carbocycles. The Morgan fingerprint density at radius 2 is 1.65 bits per heavy atom. The molecule has 0 saturated heterocycles. The Kier molecular flexibility index (Phi) is 6.95. The summed E-state index contributed by atoms with van der Waals surface area (Å²) in [6.45, 7) is 2.15. The average Bonchev–Trinajstić information content (AvgIpc) is 2.66. The maximum Gasteiger partial charge on any atom is 0.190 e. The third-order valence-electron chi connectivity index (χ3n) is 4.50. The Morgan fingerprint density at radius 1 is 1.00 bits per heavy atom. The van der Waals surface area contributed by atoms with Crippen LogP contribution in [0, 0.1) is 0 Å². The number of fused-ring (bicyclic) bond motifs is 1. The fraction of sp³-hybridized carbons (Fsp3) is 0.450. The molecule has 0 bridgehead atoms. The number of carbonyl (C=O) groups excluding carboxylic acids is 2. The largest absolute Gasteiger partial charge is 0.496 e. The van der Waals surface area contributed by atoms with E-state index in [0.717, 1.165) is 25.7 Å². The summed E-state index contributed by atoms with van der Waals surface area (Å²) < 4.78 is 10.8. The number of methoxy groups -OCH3 is 2. The predicted octanol–water partition coefficient (Wildman–Crippen LogP) is 4.18. The van der Waals surface area contributed by atoms with Crippen LogP contribution in [0.4, 0.5) is 0 Å². The smallest absolute Gasteiger partial charge is 0.190 e. The van der Waals surface area contributed by atoms with Crippen molar-refractivity contribution >= 4 is 17.3 Å². The fourth-order valence-electron chi connectivity index (χ4n) is 3.16. The van der Waals surface area contributed by atoms with Crippen molar-refractivity contribution in [2.75, 3.05) is 14.2 Å². The summed E-state index contributed by atoms with van der Waals surface area (Å²) in [6, 6.07) is 1.60. The van der Waals surface area contributed by atoms with E-state index in [-0.39, 0.29) is 34.2 Å². The Labute approximate surface area is 153 Å². The van der Waals surface area contributed by atoms with E-state index in [9.17, 15) is 14.8 Å². The van der Waals surface area contributed by atoms with E-state index in [1.807, 2.05) is 0 Å². The van der Waals surface area contributed by atoms with Gasteiger partial charge in [-0.1, -0.05) is 37.8 Å². The molecule has 6 nitrogen and oxygen atoms in total. The second-order valence-electron chi connectivity index (χ2n) is 6.18. The second kappa shape index (κ2) is 9.17. The number of benzene rings is 1. The monoisotopic (exact) mass is 359 g/mol. The van der Waals surface area contributed by atoms with Gasteiger partial charge in [0.1, 0.15) is 11.5 Å². The topological polar surface area (TPSA) is 85.2 Å². The maximum absolute atomic E-state index is 12.4. The fourth-order valence-corrected chi connectivity index (χ4v) is 3.16. The quantitative estimate of drug-likeness (QED) is 0.309.